The van der Waals surface area contributed by atoms with E-state index in [4.69, 9.17) is 4.74 Å². The lowest BCUT2D eigenvalue weighted by Crippen LogP contribution is -1.99. The zero-order chi connectivity index (χ0) is 10.6. The molecule has 5 heteroatoms. The van der Waals surface area contributed by atoms with Gasteiger partial charge in [-0.15, -0.1) is 0 Å². The molecule has 4 nitrogen and oxygen atoms in total. The van der Waals surface area contributed by atoms with Crippen molar-refractivity contribution < 1.29 is 14.1 Å². The lowest BCUT2D eigenvalue weighted by Gasteiger charge is -2.02. The van der Waals surface area contributed by atoms with Crippen LogP contribution in [0.2, 0.25) is 0 Å². The molecule has 0 saturated carbocycles. The van der Waals surface area contributed by atoms with E-state index in [1.807, 2.05) is 0 Å². The van der Waals surface area contributed by atoms with Crippen LogP contribution < -0.4 is 0 Å². The number of nitro groups is 1. The molecule has 0 bridgehead atoms. The molecule has 0 atom stereocenters. The smallest absolute Gasteiger partial charge is 0.305 e. The average molecular weight is 199 g/mol. The predicted molar refractivity (Wildman–Crippen MR) is 48.4 cm³/mol. The van der Waals surface area contributed by atoms with E-state index in [9.17, 15) is 14.5 Å². The van der Waals surface area contributed by atoms with Gasteiger partial charge in [-0.05, 0) is 6.92 Å². The molecule has 0 amide bonds. The van der Waals surface area contributed by atoms with Gasteiger partial charge in [0.1, 0.15) is 0 Å². The number of nitro benzene ring substituents is 1. The molecule has 0 aliphatic heterocycles. The first-order valence-corrected chi connectivity index (χ1v) is 4.16. The summed E-state index contributed by atoms with van der Waals surface area (Å²) in [6, 6.07) is 4.04. The summed E-state index contributed by atoms with van der Waals surface area (Å²) in [7, 11) is 0. The van der Waals surface area contributed by atoms with Gasteiger partial charge in [0.25, 0.3) is 0 Å². The Morgan fingerprint density at radius 1 is 1.57 bits per heavy atom. The lowest BCUT2D eigenvalue weighted by atomic mass is 10.2. The molecular formula is C9H10FNO3. The molecule has 76 valence electrons. The number of nitrogens with zero attached hydrogens (tertiary/aromatic N) is 1. The molecular weight excluding hydrogens is 189 g/mol. The van der Waals surface area contributed by atoms with E-state index in [2.05, 4.69) is 0 Å². The summed E-state index contributed by atoms with van der Waals surface area (Å²) in [4.78, 5) is 9.63. The van der Waals surface area contributed by atoms with Crippen LogP contribution in [0.3, 0.4) is 0 Å². The molecule has 0 spiro atoms. The Morgan fingerprint density at radius 2 is 2.29 bits per heavy atom. The van der Waals surface area contributed by atoms with Crippen molar-refractivity contribution in [3.63, 3.8) is 0 Å². The SMILES string of the molecule is CCOCc1cccc([N+](=O)[O-])c1F. The first-order valence-electron chi connectivity index (χ1n) is 4.16. The van der Waals surface area contributed by atoms with Gasteiger partial charge in [-0.25, -0.2) is 0 Å². The van der Waals surface area contributed by atoms with Gasteiger partial charge in [-0.1, -0.05) is 12.1 Å². The Balaban J connectivity index is 2.95. The van der Waals surface area contributed by atoms with E-state index >= 15 is 0 Å². The van der Waals surface area contributed by atoms with Gasteiger partial charge in [0.2, 0.25) is 5.82 Å². The number of hydrogen-bond donors (Lipinski definition) is 0. The maximum Gasteiger partial charge on any atom is 0.305 e. The fourth-order valence-corrected chi connectivity index (χ4v) is 1.03. The summed E-state index contributed by atoms with van der Waals surface area (Å²) in [5, 5.41) is 10.4. The van der Waals surface area contributed by atoms with Crippen molar-refractivity contribution in [1.82, 2.24) is 0 Å². The highest BCUT2D eigenvalue weighted by Crippen LogP contribution is 2.20. The van der Waals surface area contributed by atoms with Gasteiger partial charge in [0.05, 0.1) is 11.5 Å². The van der Waals surface area contributed by atoms with E-state index in [0.717, 1.165) is 6.07 Å². The topological polar surface area (TPSA) is 52.4 Å². The van der Waals surface area contributed by atoms with Crippen LogP contribution in [0.1, 0.15) is 12.5 Å². The summed E-state index contributed by atoms with van der Waals surface area (Å²) in [6.07, 6.45) is 0. The Hall–Kier alpha value is -1.49. The monoisotopic (exact) mass is 199 g/mol. The fourth-order valence-electron chi connectivity index (χ4n) is 1.03. The third kappa shape index (κ3) is 2.26. The second-order valence-electron chi connectivity index (χ2n) is 2.64. The van der Waals surface area contributed by atoms with E-state index in [1.165, 1.54) is 12.1 Å². The number of rotatable bonds is 4. The zero-order valence-electron chi connectivity index (χ0n) is 7.70. The van der Waals surface area contributed by atoms with Crippen molar-refractivity contribution in [3.8, 4) is 0 Å². The van der Waals surface area contributed by atoms with Crippen molar-refractivity contribution in [2.45, 2.75) is 13.5 Å². The summed E-state index contributed by atoms with van der Waals surface area (Å²) >= 11 is 0. The van der Waals surface area contributed by atoms with Gasteiger partial charge in [-0.2, -0.15) is 4.39 Å². The first kappa shape index (κ1) is 10.6. The van der Waals surface area contributed by atoms with Gasteiger partial charge in [0.15, 0.2) is 0 Å². The Kier molecular flexibility index (Phi) is 3.53. The third-order valence-corrected chi connectivity index (χ3v) is 1.72. The van der Waals surface area contributed by atoms with Crippen LogP contribution in [0.25, 0.3) is 0 Å². The highest BCUT2D eigenvalue weighted by molar-refractivity contribution is 5.36. The molecule has 0 fully saturated rings. The lowest BCUT2D eigenvalue weighted by molar-refractivity contribution is -0.387. The third-order valence-electron chi connectivity index (χ3n) is 1.72. The molecule has 1 aromatic rings. The Morgan fingerprint density at radius 3 is 2.86 bits per heavy atom. The van der Waals surface area contributed by atoms with Gasteiger partial charge in [0, 0.05) is 18.2 Å². The van der Waals surface area contributed by atoms with Gasteiger partial charge >= 0.3 is 5.69 Å². The molecule has 0 radical (unpaired) electrons. The molecule has 0 unspecified atom stereocenters. The number of hydrogen-bond acceptors (Lipinski definition) is 3. The maximum absolute atomic E-state index is 13.3. The van der Waals surface area contributed by atoms with Gasteiger partial charge < -0.3 is 4.74 Å². The van der Waals surface area contributed by atoms with Crippen molar-refractivity contribution >= 4 is 5.69 Å². The van der Waals surface area contributed by atoms with Crippen LogP contribution in [0, 0.1) is 15.9 Å². The molecule has 0 aliphatic carbocycles. The fraction of sp³-hybridized carbons (Fsp3) is 0.333. The van der Waals surface area contributed by atoms with Crippen LogP contribution >= 0.6 is 0 Å². The number of halogens is 1. The van der Waals surface area contributed by atoms with Crippen LogP contribution in [-0.4, -0.2) is 11.5 Å². The number of benzene rings is 1. The molecule has 1 aromatic carbocycles. The van der Waals surface area contributed by atoms with Crippen LogP contribution in [0.5, 0.6) is 0 Å². The van der Waals surface area contributed by atoms with Crippen molar-refractivity contribution in [2.75, 3.05) is 6.61 Å². The summed E-state index contributed by atoms with van der Waals surface area (Å²) in [5.74, 6) is -0.814. The first-order chi connectivity index (χ1) is 6.66. The number of ether oxygens (including phenoxy) is 1. The van der Waals surface area contributed by atoms with Crippen molar-refractivity contribution in [1.29, 1.82) is 0 Å². The predicted octanol–water partition coefficient (Wildman–Crippen LogP) is 2.27. The Labute approximate surface area is 80.5 Å². The minimum absolute atomic E-state index is 0.0595. The second-order valence-corrected chi connectivity index (χ2v) is 2.64. The van der Waals surface area contributed by atoms with E-state index in [0.29, 0.717) is 6.61 Å². The van der Waals surface area contributed by atoms with E-state index < -0.39 is 16.4 Å². The normalized spacial score (nSPS) is 10.1. The average Bonchev–Trinajstić information content (AvgIpc) is 2.16. The standard InChI is InChI=1S/C9H10FNO3/c1-2-14-6-7-4-3-5-8(9(7)10)11(12)13/h3-5H,2,6H2,1H3. The molecule has 0 aromatic heterocycles. The molecule has 0 aliphatic rings. The molecule has 1 rings (SSSR count). The highest BCUT2D eigenvalue weighted by atomic mass is 19.1. The second kappa shape index (κ2) is 4.66. The minimum Gasteiger partial charge on any atom is -0.377 e. The van der Waals surface area contributed by atoms with E-state index in [1.54, 1.807) is 6.92 Å². The van der Waals surface area contributed by atoms with Crippen molar-refractivity contribution in [2.24, 2.45) is 0 Å². The minimum atomic E-state index is -0.814. The summed E-state index contributed by atoms with van der Waals surface area (Å²) in [6.45, 7) is 2.28. The van der Waals surface area contributed by atoms with Crippen LogP contribution in [0.4, 0.5) is 10.1 Å². The molecule has 0 heterocycles. The van der Waals surface area contributed by atoms with E-state index in [-0.39, 0.29) is 12.2 Å². The largest absolute Gasteiger partial charge is 0.377 e. The van der Waals surface area contributed by atoms with Crippen LogP contribution in [0.15, 0.2) is 18.2 Å². The van der Waals surface area contributed by atoms with Crippen LogP contribution in [-0.2, 0) is 11.3 Å². The summed E-state index contributed by atoms with van der Waals surface area (Å²) in [5.41, 5.74) is -0.303. The highest BCUT2D eigenvalue weighted by Gasteiger charge is 2.16. The quantitative estimate of drug-likeness (QED) is 0.552. The Bertz CT molecular complexity index is 341. The maximum atomic E-state index is 13.3. The molecule has 14 heavy (non-hydrogen) atoms. The molecule has 0 saturated heterocycles. The zero-order valence-corrected chi connectivity index (χ0v) is 7.70. The summed E-state index contributed by atoms with van der Waals surface area (Å²) < 4.78 is 18.3. The van der Waals surface area contributed by atoms with Gasteiger partial charge in [-0.3, -0.25) is 10.1 Å². The molecule has 0 N–H and O–H groups in total. The van der Waals surface area contributed by atoms with Crippen molar-refractivity contribution in [3.05, 3.63) is 39.7 Å².